The predicted molar refractivity (Wildman–Crippen MR) is 129 cm³/mol. The number of carboxylic acids is 1. The van der Waals surface area contributed by atoms with Crippen molar-refractivity contribution in [3.05, 3.63) is 0 Å². The van der Waals surface area contributed by atoms with Crippen LogP contribution in [0.3, 0.4) is 0 Å². The molecule has 0 aromatic carbocycles. The summed E-state index contributed by atoms with van der Waals surface area (Å²) in [6.45, 7) is 4.26. The van der Waals surface area contributed by atoms with Crippen molar-refractivity contribution < 1.29 is 14.7 Å². The minimum absolute atomic E-state index is 0.153. The van der Waals surface area contributed by atoms with Crippen LogP contribution in [0.5, 0.6) is 0 Å². The summed E-state index contributed by atoms with van der Waals surface area (Å²) in [6, 6.07) is -0.315. The summed E-state index contributed by atoms with van der Waals surface area (Å²) in [5.74, 6) is -0.883. The average molecular weight is 429 g/mol. The van der Waals surface area contributed by atoms with E-state index in [0.29, 0.717) is 6.42 Å². The van der Waals surface area contributed by atoms with Gasteiger partial charge in [0.1, 0.15) is 6.04 Å². The van der Waals surface area contributed by atoms with Gasteiger partial charge in [0.05, 0.1) is 0 Å². The summed E-state index contributed by atoms with van der Waals surface area (Å²) in [4.78, 5) is 22.8. The van der Waals surface area contributed by atoms with Crippen LogP contribution in [-0.4, -0.2) is 42.0 Å². The molecule has 1 amide bonds. The lowest BCUT2D eigenvalue weighted by atomic mass is 10.0. The van der Waals surface area contributed by atoms with Gasteiger partial charge in [-0.2, -0.15) is 0 Å². The molecule has 0 aliphatic rings. The molecule has 0 aliphatic heterocycles. The first kappa shape index (κ1) is 31.1. The van der Waals surface area contributed by atoms with Crippen molar-refractivity contribution in [2.75, 3.05) is 14.1 Å². The van der Waals surface area contributed by atoms with E-state index >= 15 is 0 Å². The third-order valence-corrected chi connectivity index (χ3v) is 5.50. The predicted octanol–water partition coefficient (Wildman–Crippen LogP) is 6.53. The molecule has 0 aromatic heterocycles. The van der Waals surface area contributed by atoms with Crippen LogP contribution >= 0.6 is 0 Å². The monoisotopic (exact) mass is 428 g/mol. The number of nitrogens with zero attached hydrogens (tertiary/aromatic N) is 1. The van der Waals surface area contributed by atoms with E-state index in [1.165, 1.54) is 89.9 Å². The number of unbranched alkanes of at least 4 members (excludes halogenated alkanes) is 14. The van der Waals surface area contributed by atoms with Crippen molar-refractivity contribution in [3.63, 3.8) is 0 Å². The highest BCUT2D eigenvalue weighted by Gasteiger charge is 2.17. The summed E-state index contributed by atoms with van der Waals surface area (Å²) in [5, 5.41) is 8.63. The molecular formula is C25H52N2O3. The Kier molecular flexibility index (Phi) is 25.0. The van der Waals surface area contributed by atoms with Crippen LogP contribution in [0.15, 0.2) is 0 Å². The summed E-state index contributed by atoms with van der Waals surface area (Å²) in [5.41, 5.74) is 5.11. The number of hydrogen-bond donors (Lipinski definition) is 2. The maximum atomic E-state index is 10.6. The van der Waals surface area contributed by atoms with E-state index in [2.05, 4.69) is 6.92 Å². The maximum Gasteiger partial charge on any atom is 0.320 e. The van der Waals surface area contributed by atoms with Crippen molar-refractivity contribution in [2.24, 2.45) is 5.73 Å². The fourth-order valence-electron chi connectivity index (χ4n) is 3.55. The normalized spacial score (nSPS) is 11.8. The second-order valence-corrected chi connectivity index (χ2v) is 8.77. The Morgan fingerprint density at radius 1 is 0.700 bits per heavy atom. The van der Waals surface area contributed by atoms with Gasteiger partial charge in [0.15, 0.2) is 0 Å². The molecule has 0 aromatic rings. The van der Waals surface area contributed by atoms with E-state index < -0.39 is 5.97 Å². The van der Waals surface area contributed by atoms with Gasteiger partial charge in [-0.3, -0.25) is 14.5 Å². The van der Waals surface area contributed by atoms with Gasteiger partial charge in [0.2, 0.25) is 5.91 Å². The highest BCUT2D eigenvalue weighted by atomic mass is 16.4. The van der Waals surface area contributed by atoms with E-state index in [1.54, 1.807) is 19.0 Å². The lowest BCUT2D eigenvalue weighted by Gasteiger charge is -2.18. The molecule has 1 unspecified atom stereocenters. The molecule has 5 nitrogen and oxygen atoms in total. The largest absolute Gasteiger partial charge is 0.480 e. The smallest absolute Gasteiger partial charge is 0.320 e. The molecule has 0 spiro atoms. The fraction of sp³-hybridized carbons (Fsp3) is 0.920. The molecule has 0 rings (SSSR count). The Labute approximate surface area is 187 Å². The molecule has 0 saturated heterocycles. The number of amides is 1. The lowest BCUT2D eigenvalue weighted by Crippen LogP contribution is -2.35. The maximum absolute atomic E-state index is 10.6. The number of carbonyl (C=O) groups excluding carboxylic acids is 1. The van der Waals surface area contributed by atoms with E-state index in [1.807, 2.05) is 6.92 Å². The Balaban J connectivity index is 0. The van der Waals surface area contributed by atoms with E-state index in [4.69, 9.17) is 10.8 Å². The molecule has 3 N–H and O–H groups in total. The number of primary amides is 1. The van der Waals surface area contributed by atoms with Crippen LogP contribution in [-0.2, 0) is 9.59 Å². The zero-order chi connectivity index (χ0) is 23.0. The van der Waals surface area contributed by atoms with Gasteiger partial charge in [-0.15, -0.1) is 0 Å². The van der Waals surface area contributed by atoms with Crippen LogP contribution in [0.2, 0.25) is 0 Å². The number of hydrogen-bond acceptors (Lipinski definition) is 3. The minimum atomic E-state index is -0.730. The molecule has 0 saturated carbocycles. The molecule has 1 atom stereocenters. The summed E-state index contributed by atoms with van der Waals surface area (Å²) in [7, 11) is 3.57. The molecule has 0 radical (unpaired) electrons. The first-order chi connectivity index (χ1) is 14.4. The van der Waals surface area contributed by atoms with Crippen molar-refractivity contribution >= 4 is 11.9 Å². The van der Waals surface area contributed by atoms with E-state index in [9.17, 15) is 9.59 Å². The van der Waals surface area contributed by atoms with Gasteiger partial charge in [0.25, 0.3) is 0 Å². The van der Waals surface area contributed by atoms with Crippen LogP contribution in [0.4, 0.5) is 0 Å². The number of nitrogens with two attached hydrogens (primary N) is 1. The SMILES string of the molecule is CCCC(C(=O)O)N(C)C.CCCCCCCCCCCCCCCCCC(N)=O. The van der Waals surface area contributed by atoms with Gasteiger partial charge in [0, 0.05) is 6.42 Å². The van der Waals surface area contributed by atoms with Gasteiger partial charge in [-0.1, -0.05) is 110 Å². The molecule has 180 valence electrons. The molecule has 0 aliphatic carbocycles. The molecule has 5 heteroatoms. The number of carboxylic acid groups (broad SMARTS) is 1. The van der Waals surface area contributed by atoms with Crippen molar-refractivity contribution in [3.8, 4) is 0 Å². The Hall–Kier alpha value is -1.10. The van der Waals surface area contributed by atoms with Crippen molar-refractivity contribution in [1.82, 2.24) is 4.90 Å². The van der Waals surface area contributed by atoms with Crippen LogP contribution in [0.1, 0.15) is 129 Å². The molecule has 0 bridgehead atoms. The molecule has 30 heavy (non-hydrogen) atoms. The molecule has 0 fully saturated rings. The first-order valence-corrected chi connectivity index (χ1v) is 12.5. The van der Waals surface area contributed by atoms with Crippen molar-refractivity contribution in [1.29, 1.82) is 0 Å². The zero-order valence-corrected chi connectivity index (χ0v) is 20.6. The summed E-state index contributed by atoms with van der Waals surface area (Å²) >= 11 is 0. The summed E-state index contributed by atoms with van der Waals surface area (Å²) in [6.07, 6.45) is 22.5. The van der Waals surface area contributed by atoms with Gasteiger partial charge in [-0.05, 0) is 26.9 Å². The van der Waals surface area contributed by atoms with Crippen LogP contribution in [0, 0.1) is 0 Å². The third-order valence-electron chi connectivity index (χ3n) is 5.50. The zero-order valence-electron chi connectivity index (χ0n) is 20.6. The number of likely N-dealkylation sites (N-methyl/N-ethyl adjacent to an activating group) is 1. The molecule has 0 heterocycles. The quantitative estimate of drug-likeness (QED) is 0.216. The topological polar surface area (TPSA) is 83.6 Å². The van der Waals surface area contributed by atoms with E-state index in [0.717, 1.165) is 19.3 Å². The van der Waals surface area contributed by atoms with Gasteiger partial charge >= 0.3 is 5.97 Å². The van der Waals surface area contributed by atoms with Gasteiger partial charge in [-0.25, -0.2) is 0 Å². The van der Waals surface area contributed by atoms with Crippen LogP contribution < -0.4 is 5.73 Å². The number of rotatable bonds is 20. The second-order valence-electron chi connectivity index (χ2n) is 8.77. The third kappa shape index (κ3) is 24.9. The summed E-state index contributed by atoms with van der Waals surface area (Å²) < 4.78 is 0. The first-order valence-electron chi connectivity index (χ1n) is 12.5. The number of aliphatic carboxylic acids is 1. The fourth-order valence-corrected chi connectivity index (χ4v) is 3.55. The van der Waals surface area contributed by atoms with Crippen molar-refractivity contribution in [2.45, 2.75) is 135 Å². The van der Waals surface area contributed by atoms with E-state index in [-0.39, 0.29) is 11.9 Å². The standard InChI is InChI=1S/C18H37NO.C7H15NO2/c1-2-3-4-5-6-7-8-9-10-11-12-13-14-15-16-17-18(19)20;1-4-5-6(7(9)10)8(2)3/h2-17H2,1H3,(H2,19,20);6H,4-5H2,1-3H3,(H,9,10). The van der Waals surface area contributed by atoms with Gasteiger partial charge < -0.3 is 10.8 Å². The minimum Gasteiger partial charge on any atom is -0.480 e. The number of carbonyl (C=O) groups is 2. The highest BCUT2D eigenvalue weighted by molar-refractivity contribution is 5.73. The van der Waals surface area contributed by atoms with Crippen LogP contribution in [0.25, 0.3) is 0 Å². The second kappa shape index (κ2) is 24.2. The Morgan fingerprint density at radius 3 is 1.30 bits per heavy atom. The average Bonchev–Trinajstić information content (AvgIpc) is 2.68. The molecular weight excluding hydrogens is 376 g/mol. The lowest BCUT2D eigenvalue weighted by molar-refractivity contribution is -0.142. The Morgan fingerprint density at radius 2 is 1.07 bits per heavy atom. The Bertz CT molecular complexity index is 387. The highest BCUT2D eigenvalue weighted by Crippen LogP contribution is 2.13.